The predicted molar refractivity (Wildman–Crippen MR) is 96.9 cm³/mol. The molecule has 7 nitrogen and oxygen atoms in total. The highest BCUT2D eigenvalue weighted by atomic mass is 32.1. The van der Waals surface area contributed by atoms with Crippen molar-refractivity contribution in [1.29, 1.82) is 0 Å². The number of hydrogen-bond acceptors (Lipinski definition) is 6. The van der Waals surface area contributed by atoms with Gasteiger partial charge in [-0.1, -0.05) is 0 Å². The Hall–Kier alpha value is -2.32. The first-order chi connectivity index (χ1) is 12.2. The molecular formula is C17H20N6OS. The normalized spacial score (nSPS) is 17.2. The van der Waals surface area contributed by atoms with E-state index in [9.17, 15) is 4.79 Å². The number of carbonyl (C=O) groups excluding carboxylic acids is 1. The molecule has 0 spiro atoms. The molecule has 0 radical (unpaired) electrons. The number of thiophene rings is 1. The first kappa shape index (κ1) is 16.2. The largest absolute Gasteiger partial charge is 0.349 e. The molecule has 1 saturated heterocycles. The Morgan fingerprint density at radius 3 is 3.04 bits per heavy atom. The molecule has 0 bridgehead atoms. The van der Waals surface area contributed by atoms with E-state index >= 15 is 0 Å². The van der Waals surface area contributed by atoms with Crippen LogP contribution >= 0.6 is 11.3 Å². The third-order valence-corrected chi connectivity index (χ3v) is 5.41. The summed E-state index contributed by atoms with van der Waals surface area (Å²) < 4.78 is 1.86. The van der Waals surface area contributed by atoms with Gasteiger partial charge in [0.25, 0.3) is 5.91 Å². The average molecular weight is 356 g/mol. The molecule has 0 saturated carbocycles. The maximum atomic E-state index is 12.2. The van der Waals surface area contributed by atoms with Gasteiger partial charge in [0.05, 0.1) is 17.1 Å². The Kier molecular flexibility index (Phi) is 4.46. The Morgan fingerprint density at radius 1 is 1.40 bits per heavy atom. The molecule has 1 aliphatic rings. The monoisotopic (exact) mass is 356 g/mol. The summed E-state index contributed by atoms with van der Waals surface area (Å²) >= 11 is 1.50. The van der Waals surface area contributed by atoms with Crippen LogP contribution in [-0.2, 0) is 6.54 Å². The van der Waals surface area contributed by atoms with Gasteiger partial charge in [0, 0.05) is 36.3 Å². The highest BCUT2D eigenvalue weighted by molar-refractivity contribution is 7.13. The highest BCUT2D eigenvalue weighted by Crippen LogP contribution is 2.26. The van der Waals surface area contributed by atoms with Gasteiger partial charge in [0.15, 0.2) is 5.65 Å². The Bertz CT molecular complexity index is 896. The molecule has 130 valence electrons. The number of fused-ring (bicyclic) bond motifs is 1. The summed E-state index contributed by atoms with van der Waals surface area (Å²) in [5.74, 6) is 0.338. The van der Waals surface area contributed by atoms with Crippen LogP contribution in [0, 0.1) is 6.92 Å². The molecule has 25 heavy (non-hydrogen) atoms. The minimum atomic E-state index is -0.0409. The van der Waals surface area contributed by atoms with Gasteiger partial charge in [-0.3, -0.25) is 4.79 Å². The first-order valence-electron chi connectivity index (χ1n) is 8.45. The second-order valence-electron chi connectivity index (χ2n) is 6.19. The summed E-state index contributed by atoms with van der Waals surface area (Å²) in [6.45, 7) is 5.01. The van der Waals surface area contributed by atoms with Crippen LogP contribution in [0.15, 0.2) is 24.5 Å². The third-order valence-electron chi connectivity index (χ3n) is 4.41. The van der Waals surface area contributed by atoms with Crippen LogP contribution in [0.2, 0.25) is 0 Å². The van der Waals surface area contributed by atoms with Gasteiger partial charge in [-0.2, -0.15) is 5.10 Å². The number of aromatic nitrogens is 4. The van der Waals surface area contributed by atoms with Gasteiger partial charge in [0.1, 0.15) is 5.52 Å². The van der Waals surface area contributed by atoms with Crippen LogP contribution in [0.5, 0.6) is 0 Å². The fourth-order valence-corrected chi connectivity index (χ4v) is 3.95. The standard InChI is InChI=1S/C17H20N6OS/c1-11-2-3-13(25-11)17(24)21-8-9-23-16-15(19-6-7-20-16)14(22-23)12-4-5-18-10-12/h2-3,6-7,12,18H,4-5,8-10H2,1H3,(H,21,24)/t12-/m0/s1. The Morgan fingerprint density at radius 2 is 2.28 bits per heavy atom. The zero-order valence-corrected chi connectivity index (χ0v) is 14.8. The molecule has 0 aromatic carbocycles. The smallest absolute Gasteiger partial charge is 0.261 e. The topological polar surface area (TPSA) is 84.7 Å². The van der Waals surface area contributed by atoms with E-state index in [1.54, 1.807) is 12.4 Å². The number of nitrogens with one attached hydrogen (secondary N) is 2. The first-order valence-corrected chi connectivity index (χ1v) is 9.27. The number of aryl methyl sites for hydroxylation is 1. The second kappa shape index (κ2) is 6.89. The maximum Gasteiger partial charge on any atom is 0.261 e. The lowest BCUT2D eigenvalue weighted by molar-refractivity contribution is 0.0956. The van der Waals surface area contributed by atoms with E-state index in [1.165, 1.54) is 11.3 Å². The van der Waals surface area contributed by atoms with Crippen molar-refractivity contribution in [3.05, 3.63) is 40.0 Å². The lowest BCUT2D eigenvalue weighted by Gasteiger charge is -2.05. The molecule has 0 unspecified atom stereocenters. The Labute approximate surface area is 149 Å². The molecule has 1 atom stereocenters. The van der Waals surface area contributed by atoms with E-state index < -0.39 is 0 Å². The van der Waals surface area contributed by atoms with Gasteiger partial charge in [0.2, 0.25) is 0 Å². The SMILES string of the molecule is Cc1ccc(C(=O)NCCn2nc([C@H]3CCNC3)c3nccnc32)s1. The number of rotatable bonds is 5. The van der Waals surface area contributed by atoms with Crippen molar-refractivity contribution in [3.63, 3.8) is 0 Å². The summed E-state index contributed by atoms with van der Waals surface area (Å²) in [5.41, 5.74) is 2.66. The summed E-state index contributed by atoms with van der Waals surface area (Å²) in [5, 5.41) is 11.1. The van der Waals surface area contributed by atoms with Gasteiger partial charge in [-0.05, 0) is 32.0 Å². The highest BCUT2D eigenvalue weighted by Gasteiger charge is 2.24. The van der Waals surface area contributed by atoms with Gasteiger partial charge in [-0.15, -0.1) is 11.3 Å². The lowest BCUT2D eigenvalue weighted by Crippen LogP contribution is -2.27. The molecule has 3 aromatic heterocycles. The maximum absolute atomic E-state index is 12.2. The van der Waals surface area contributed by atoms with Gasteiger partial charge in [-0.25, -0.2) is 14.6 Å². The van der Waals surface area contributed by atoms with E-state index in [4.69, 9.17) is 5.10 Å². The molecular weight excluding hydrogens is 336 g/mol. The van der Waals surface area contributed by atoms with Crippen molar-refractivity contribution >= 4 is 28.4 Å². The molecule has 2 N–H and O–H groups in total. The van der Waals surface area contributed by atoms with Gasteiger partial charge >= 0.3 is 0 Å². The fraction of sp³-hybridized carbons (Fsp3) is 0.412. The van der Waals surface area contributed by atoms with Gasteiger partial charge < -0.3 is 10.6 Å². The third kappa shape index (κ3) is 3.27. The number of amides is 1. The molecule has 1 amide bonds. The fourth-order valence-electron chi connectivity index (χ4n) is 3.16. The molecule has 4 rings (SSSR count). The number of hydrogen-bond donors (Lipinski definition) is 2. The van der Waals surface area contributed by atoms with Crippen LogP contribution in [0.25, 0.3) is 11.2 Å². The second-order valence-corrected chi connectivity index (χ2v) is 7.48. The quantitative estimate of drug-likeness (QED) is 0.727. The van der Waals surface area contributed by atoms with E-state index in [2.05, 4.69) is 20.6 Å². The summed E-state index contributed by atoms with van der Waals surface area (Å²) in [6, 6.07) is 3.81. The van der Waals surface area contributed by atoms with Crippen molar-refractivity contribution in [2.75, 3.05) is 19.6 Å². The van der Waals surface area contributed by atoms with Crippen LogP contribution in [0.1, 0.15) is 32.6 Å². The zero-order chi connectivity index (χ0) is 17.2. The summed E-state index contributed by atoms with van der Waals surface area (Å²) in [7, 11) is 0. The number of carbonyl (C=O) groups is 1. The van der Waals surface area contributed by atoms with Crippen molar-refractivity contribution in [2.45, 2.75) is 25.8 Å². The van der Waals surface area contributed by atoms with E-state index in [-0.39, 0.29) is 5.91 Å². The molecule has 3 aromatic rings. The van der Waals surface area contributed by atoms with Crippen molar-refractivity contribution in [3.8, 4) is 0 Å². The Balaban J connectivity index is 1.48. The molecule has 8 heteroatoms. The summed E-state index contributed by atoms with van der Waals surface area (Å²) in [6.07, 6.45) is 4.46. The molecule has 1 fully saturated rings. The average Bonchev–Trinajstić information content (AvgIpc) is 3.34. The van der Waals surface area contributed by atoms with E-state index in [0.717, 1.165) is 46.1 Å². The minimum absolute atomic E-state index is 0.0409. The minimum Gasteiger partial charge on any atom is -0.349 e. The van der Waals surface area contributed by atoms with Crippen LogP contribution in [-0.4, -0.2) is 45.3 Å². The lowest BCUT2D eigenvalue weighted by atomic mass is 10.0. The molecule has 1 aliphatic heterocycles. The molecule has 4 heterocycles. The van der Waals surface area contributed by atoms with Crippen LogP contribution in [0.4, 0.5) is 0 Å². The van der Waals surface area contributed by atoms with E-state index in [1.807, 2.05) is 23.7 Å². The van der Waals surface area contributed by atoms with Crippen molar-refractivity contribution in [2.24, 2.45) is 0 Å². The van der Waals surface area contributed by atoms with Crippen LogP contribution < -0.4 is 10.6 Å². The molecule has 0 aliphatic carbocycles. The van der Waals surface area contributed by atoms with Crippen LogP contribution in [0.3, 0.4) is 0 Å². The van der Waals surface area contributed by atoms with Crippen molar-refractivity contribution < 1.29 is 4.79 Å². The van der Waals surface area contributed by atoms with Crippen molar-refractivity contribution in [1.82, 2.24) is 30.4 Å². The summed E-state index contributed by atoms with van der Waals surface area (Å²) in [4.78, 5) is 22.9. The number of nitrogens with zero attached hydrogens (tertiary/aromatic N) is 4. The zero-order valence-electron chi connectivity index (χ0n) is 14.0. The van der Waals surface area contributed by atoms with E-state index in [0.29, 0.717) is 19.0 Å². The predicted octanol–water partition coefficient (Wildman–Crippen LogP) is 1.70.